The normalized spacial score (nSPS) is 49.6. The van der Waals surface area contributed by atoms with Crippen molar-refractivity contribution in [2.75, 3.05) is 0 Å². The summed E-state index contributed by atoms with van der Waals surface area (Å²) in [4.78, 5) is 11.7. The molecule has 0 aromatic heterocycles. The predicted molar refractivity (Wildman–Crippen MR) is 69.1 cm³/mol. The molecule has 0 radical (unpaired) electrons. The second kappa shape index (κ2) is 3.93. The van der Waals surface area contributed by atoms with Crippen LogP contribution in [0.15, 0.2) is 24.3 Å². The first-order valence-electron chi connectivity index (χ1n) is 6.82. The molecule has 4 heteroatoms. The van der Waals surface area contributed by atoms with Crippen LogP contribution in [0.25, 0.3) is 0 Å². The minimum Gasteiger partial charge on any atom is -0.458 e. The molecule has 3 aliphatic rings. The van der Waals surface area contributed by atoms with E-state index in [1.54, 1.807) is 6.92 Å². The molecule has 0 amide bonds. The molecule has 0 aromatic carbocycles. The maximum absolute atomic E-state index is 11.7. The maximum atomic E-state index is 11.7. The second-order valence-electron chi connectivity index (χ2n) is 6.36. The summed E-state index contributed by atoms with van der Waals surface area (Å²) in [6, 6.07) is 0. The van der Waals surface area contributed by atoms with Crippen LogP contribution in [-0.2, 0) is 9.53 Å². The van der Waals surface area contributed by atoms with Gasteiger partial charge in [0.05, 0.1) is 11.7 Å². The standard InChI is InChI=1S/C15H20O4/c1-7-9-4-5-15(3,18)12(9)13-10(6-11(7)16)8(2)14(17)19-13/h9-13,16,18H,1-2,4-6H2,3H3/t9?,10-,11+,12?,13-,15?/m0/s1. The zero-order valence-electron chi connectivity index (χ0n) is 11.1. The van der Waals surface area contributed by atoms with E-state index < -0.39 is 17.7 Å². The van der Waals surface area contributed by atoms with Crippen LogP contribution in [0.1, 0.15) is 26.2 Å². The Hall–Kier alpha value is -1.13. The number of ether oxygens (including phenoxy) is 1. The van der Waals surface area contributed by atoms with Gasteiger partial charge in [0.25, 0.3) is 0 Å². The topological polar surface area (TPSA) is 66.8 Å². The molecule has 3 rings (SSSR count). The fourth-order valence-electron chi connectivity index (χ4n) is 4.10. The summed E-state index contributed by atoms with van der Waals surface area (Å²) >= 11 is 0. The Morgan fingerprint density at radius 3 is 2.74 bits per heavy atom. The monoisotopic (exact) mass is 264 g/mol. The van der Waals surface area contributed by atoms with E-state index >= 15 is 0 Å². The highest BCUT2D eigenvalue weighted by atomic mass is 16.6. The molecule has 0 aromatic rings. The third kappa shape index (κ3) is 1.70. The fraction of sp³-hybridized carbons (Fsp3) is 0.667. The minimum absolute atomic E-state index is 0.0127. The Kier molecular flexibility index (Phi) is 2.67. The van der Waals surface area contributed by atoms with Gasteiger partial charge in [0.1, 0.15) is 6.10 Å². The van der Waals surface area contributed by atoms with Crippen molar-refractivity contribution in [3.05, 3.63) is 24.3 Å². The number of hydrogen-bond donors (Lipinski definition) is 2. The van der Waals surface area contributed by atoms with Gasteiger partial charge in [-0.05, 0) is 37.7 Å². The lowest BCUT2D eigenvalue weighted by molar-refractivity contribution is -0.146. The molecule has 1 aliphatic heterocycles. The number of esters is 1. The summed E-state index contributed by atoms with van der Waals surface area (Å²) in [6.07, 6.45) is 0.804. The molecule has 3 unspecified atom stereocenters. The summed E-state index contributed by atoms with van der Waals surface area (Å²) < 4.78 is 5.45. The average molecular weight is 264 g/mol. The van der Waals surface area contributed by atoms with Crippen molar-refractivity contribution in [1.29, 1.82) is 0 Å². The number of fused-ring (bicyclic) bond motifs is 3. The Morgan fingerprint density at radius 2 is 2.05 bits per heavy atom. The number of hydrogen-bond acceptors (Lipinski definition) is 4. The van der Waals surface area contributed by atoms with Crippen molar-refractivity contribution >= 4 is 5.97 Å². The molecule has 104 valence electrons. The lowest BCUT2D eigenvalue weighted by atomic mass is 9.77. The van der Waals surface area contributed by atoms with Crippen molar-refractivity contribution < 1.29 is 19.7 Å². The van der Waals surface area contributed by atoms with Crippen molar-refractivity contribution in [3.63, 3.8) is 0 Å². The van der Waals surface area contributed by atoms with Gasteiger partial charge in [-0.3, -0.25) is 0 Å². The van der Waals surface area contributed by atoms with E-state index in [-0.39, 0.29) is 23.9 Å². The first kappa shape index (κ1) is 12.9. The highest BCUT2D eigenvalue weighted by Gasteiger charge is 2.58. The van der Waals surface area contributed by atoms with Crippen LogP contribution < -0.4 is 0 Å². The van der Waals surface area contributed by atoms with Crippen molar-refractivity contribution in [3.8, 4) is 0 Å². The van der Waals surface area contributed by atoms with Crippen molar-refractivity contribution in [2.24, 2.45) is 17.8 Å². The molecule has 3 fully saturated rings. The second-order valence-corrected chi connectivity index (χ2v) is 6.36. The summed E-state index contributed by atoms with van der Waals surface area (Å²) in [7, 11) is 0. The Labute approximate surface area is 112 Å². The third-order valence-electron chi connectivity index (χ3n) is 5.20. The molecule has 2 N–H and O–H groups in total. The largest absolute Gasteiger partial charge is 0.458 e. The van der Waals surface area contributed by atoms with E-state index in [0.717, 1.165) is 12.0 Å². The van der Waals surface area contributed by atoms with Crippen LogP contribution in [0.3, 0.4) is 0 Å². The maximum Gasteiger partial charge on any atom is 0.334 e. The lowest BCUT2D eigenvalue weighted by Crippen LogP contribution is -2.42. The molecular weight excluding hydrogens is 244 g/mol. The zero-order valence-corrected chi connectivity index (χ0v) is 11.1. The third-order valence-corrected chi connectivity index (χ3v) is 5.20. The number of rotatable bonds is 0. The predicted octanol–water partition coefficient (Wildman–Crippen LogP) is 1.18. The summed E-state index contributed by atoms with van der Waals surface area (Å²) in [5, 5.41) is 20.8. The van der Waals surface area contributed by atoms with Gasteiger partial charge in [-0.1, -0.05) is 13.2 Å². The highest BCUT2D eigenvalue weighted by molar-refractivity contribution is 5.91. The number of aliphatic hydroxyl groups is 2. The number of carbonyl (C=O) groups excluding carboxylic acids is 1. The van der Waals surface area contributed by atoms with Gasteiger partial charge in [-0.15, -0.1) is 0 Å². The van der Waals surface area contributed by atoms with Crippen molar-refractivity contribution in [1.82, 2.24) is 0 Å². The van der Waals surface area contributed by atoms with Gasteiger partial charge >= 0.3 is 5.97 Å². The summed E-state index contributed by atoms with van der Waals surface area (Å²) in [5.74, 6) is -0.779. The molecule has 1 heterocycles. The SMILES string of the molecule is C=C1C2CCC(C)(O)C2[C@H]2OC(=O)C(=C)[C@@H]2C[C@H]1O. The van der Waals surface area contributed by atoms with Gasteiger partial charge in [0.15, 0.2) is 0 Å². The quantitative estimate of drug-likeness (QED) is 0.392. The molecule has 0 bridgehead atoms. The molecule has 19 heavy (non-hydrogen) atoms. The first-order chi connectivity index (χ1) is 8.83. The molecular formula is C15H20O4. The van der Waals surface area contributed by atoms with Crippen molar-refractivity contribution in [2.45, 2.75) is 44.0 Å². The smallest absolute Gasteiger partial charge is 0.334 e. The Morgan fingerprint density at radius 1 is 1.37 bits per heavy atom. The molecule has 6 atom stereocenters. The van der Waals surface area contributed by atoms with Crippen LogP contribution in [-0.4, -0.2) is 34.0 Å². The van der Waals surface area contributed by atoms with Crippen LogP contribution in [0.5, 0.6) is 0 Å². The molecule has 2 aliphatic carbocycles. The van der Waals surface area contributed by atoms with E-state index in [9.17, 15) is 15.0 Å². The average Bonchev–Trinajstić information content (AvgIpc) is 2.75. The van der Waals surface area contributed by atoms with Gasteiger partial charge in [0.2, 0.25) is 0 Å². The van der Waals surface area contributed by atoms with Crippen LogP contribution in [0, 0.1) is 17.8 Å². The number of carbonyl (C=O) groups is 1. The number of aliphatic hydroxyl groups excluding tert-OH is 1. The van der Waals surface area contributed by atoms with Crippen LogP contribution >= 0.6 is 0 Å². The van der Waals surface area contributed by atoms with Gasteiger partial charge in [0, 0.05) is 17.4 Å². The van der Waals surface area contributed by atoms with Gasteiger partial charge in [-0.2, -0.15) is 0 Å². The molecule has 0 spiro atoms. The minimum atomic E-state index is -0.883. The molecule has 2 saturated carbocycles. The first-order valence-corrected chi connectivity index (χ1v) is 6.82. The van der Waals surface area contributed by atoms with E-state index in [2.05, 4.69) is 13.2 Å². The fourth-order valence-corrected chi connectivity index (χ4v) is 4.10. The van der Waals surface area contributed by atoms with E-state index in [1.807, 2.05) is 0 Å². The molecule has 1 saturated heterocycles. The van der Waals surface area contributed by atoms with E-state index in [4.69, 9.17) is 4.74 Å². The van der Waals surface area contributed by atoms with Crippen LogP contribution in [0.2, 0.25) is 0 Å². The van der Waals surface area contributed by atoms with Gasteiger partial charge < -0.3 is 14.9 Å². The lowest BCUT2D eigenvalue weighted by Gasteiger charge is -2.34. The Bertz CT molecular complexity index is 465. The van der Waals surface area contributed by atoms with E-state index in [1.165, 1.54) is 0 Å². The summed E-state index contributed by atoms with van der Waals surface area (Å²) in [5.41, 5.74) is 0.298. The van der Waals surface area contributed by atoms with E-state index in [0.29, 0.717) is 18.4 Å². The molecule has 4 nitrogen and oxygen atoms in total. The van der Waals surface area contributed by atoms with Gasteiger partial charge in [-0.25, -0.2) is 4.79 Å². The van der Waals surface area contributed by atoms with Crippen LogP contribution in [0.4, 0.5) is 0 Å². The Balaban J connectivity index is 2.05. The summed E-state index contributed by atoms with van der Waals surface area (Å²) in [6.45, 7) is 9.58. The highest BCUT2D eigenvalue weighted by Crippen LogP contribution is 2.53. The zero-order chi connectivity index (χ0) is 13.9.